The minimum Gasteiger partial charge on any atom is -0.330 e. The molecule has 3 nitrogen and oxygen atoms in total. The van der Waals surface area contributed by atoms with E-state index in [4.69, 9.17) is 5.73 Å². The van der Waals surface area contributed by atoms with Gasteiger partial charge in [0.05, 0.1) is 16.4 Å². The summed E-state index contributed by atoms with van der Waals surface area (Å²) in [6.07, 6.45) is 2.70. The predicted molar refractivity (Wildman–Crippen MR) is 55.6 cm³/mol. The highest BCUT2D eigenvalue weighted by Gasteiger charge is 2.04. The molecule has 0 atom stereocenters. The van der Waals surface area contributed by atoms with E-state index in [0.29, 0.717) is 6.54 Å². The summed E-state index contributed by atoms with van der Waals surface area (Å²) in [7, 11) is 0. The van der Waals surface area contributed by atoms with Gasteiger partial charge in [0.15, 0.2) is 0 Å². The van der Waals surface area contributed by atoms with Crippen LogP contribution < -0.4 is 5.73 Å². The summed E-state index contributed by atoms with van der Waals surface area (Å²) in [6, 6.07) is 0. The van der Waals surface area contributed by atoms with Crippen LogP contribution in [0.1, 0.15) is 12.6 Å². The number of aromatic nitrogens is 2. The molecule has 0 aliphatic rings. The summed E-state index contributed by atoms with van der Waals surface area (Å²) in [5.74, 6) is 0. The quantitative estimate of drug-likeness (QED) is 0.890. The summed E-state index contributed by atoms with van der Waals surface area (Å²) in [4.78, 5) is 0. The van der Waals surface area contributed by atoms with Gasteiger partial charge in [0.1, 0.15) is 0 Å². The van der Waals surface area contributed by atoms with Crippen molar-refractivity contribution >= 4 is 28.3 Å². The molecule has 0 saturated carbocycles. The molecule has 5 heteroatoms. The molecule has 0 bridgehead atoms. The normalized spacial score (nSPS) is 9.58. The van der Waals surface area contributed by atoms with Crippen LogP contribution in [0, 0.1) is 0 Å². The van der Waals surface area contributed by atoms with Crippen molar-refractivity contribution in [1.82, 2.24) is 9.78 Å². The van der Waals surface area contributed by atoms with E-state index in [1.807, 2.05) is 10.9 Å². The average Bonchev–Trinajstić information content (AvgIpc) is 2.34. The Hall–Kier alpha value is -0.0600. The molecule has 70 valence electrons. The molecular weight excluding hydrogens is 241 g/mol. The fraction of sp³-hybridized carbons (Fsp3) is 0.571. The number of rotatable bonds is 3. The first kappa shape index (κ1) is 11.9. The van der Waals surface area contributed by atoms with Crippen molar-refractivity contribution in [1.29, 1.82) is 0 Å². The molecule has 0 aliphatic heterocycles. The van der Waals surface area contributed by atoms with Gasteiger partial charge in [-0.05, 0) is 29.4 Å². The van der Waals surface area contributed by atoms with Gasteiger partial charge >= 0.3 is 0 Å². The van der Waals surface area contributed by atoms with E-state index in [0.717, 1.165) is 17.4 Å². The van der Waals surface area contributed by atoms with Crippen LogP contribution in [-0.2, 0) is 13.0 Å². The second-order valence-electron chi connectivity index (χ2n) is 2.29. The Kier molecular flexibility index (Phi) is 5.53. The molecule has 0 aromatic carbocycles. The lowest BCUT2D eigenvalue weighted by molar-refractivity contribution is 0.619. The summed E-state index contributed by atoms with van der Waals surface area (Å²) in [5.41, 5.74) is 6.64. The molecule has 0 fully saturated rings. The number of nitrogens with two attached hydrogens (primary N) is 1. The molecular formula is C7H13BrClN3. The van der Waals surface area contributed by atoms with E-state index in [-0.39, 0.29) is 12.4 Å². The largest absolute Gasteiger partial charge is 0.330 e. The van der Waals surface area contributed by atoms with Gasteiger partial charge < -0.3 is 5.73 Å². The summed E-state index contributed by atoms with van der Waals surface area (Å²) in [5, 5.41) is 4.17. The number of aryl methyl sites for hydroxylation is 1. The third-order valence-electron chi connectivity index (χ3n) is 1.58. The zero-order chi connectivity index (χ0) is 8.27. The van der Waals surface area contributed by atoms with Crippen LogP contribution in [-0.4, -0.2) is 16.3 Å². The molecule has 1 rings (SSSR count). The summed E-state index contributed by atoms with van der Waals surface area (Å²) < 4.78 is 3.02. The second-order valence-corrected chi connectivity index (χ2v) is 3.15. The lowest BCUT2D eigenvalue weighted by Gasteiger charge is -2.02. The van der Waals surface area contributed by atoms with E-state index < -0.39 is 0 Å². The summed E-state index contributed by atoms with van der Waals surface area (Å²) in [6.45, 7) is 3.64. The maximum Gasteiger partial charge on any atom is 0.0635 e. The van der Waals surface area contributed by atoms with Crippen molar-refractivity contribution in [2.24, 2.45) is 5.73 Å². The SMILES string of the molecule is CCn1ncc(Br)c1CCN.Cl. The molecule has 2 N–H and O–H groups in total. The van der Waals surface area contributed by atoms with E-state index in [9.17, 15) is 0 Å². The van der Waals surface area contributed by atoms with Gasteiger partial charge in [-0.1, -0.05) is 0 Å². The number of nitrogens with zero attached hydrogens (tertiary/aromatic N) is 2. The standard InChI is InChI=1S/C7H12BrN3.ClH/c1-2-11-7(3-4-9)6(8)5-10-11;/h5H,2-4,9H2,1H3;1H. The first-order chi connectivity index (χ1) is 5.29. The Bertz CT molecular complexity index is 237. The highest BCUT2D eigenvalue weighted by atomic mass is 79.9. The van der Waals surface area contributed by atoms with Gasteiger partial charge in [-0.3, -0.25) is 4.68 Å². The van der Waals surface area contributed by atoms with Crippen molar-refractivity contribution in [2.75, 3.05) is 6.54 Å². The van der Waals surface area contributed by atoms with E-state index >= 15 is 0 Å². The third-order valence-corrected chi connectivity index (χ3v) is 2.24. The van der Waals surface area contributed by atoms with E-state index in [1.165, 1.54) is 5.69 Å². The van der Waals surface area contributed by atoms with Gasteiger partial charge in [0.25, 0.3) is 0 Å². The zero-order valence-corrected chi connectivity index (χ0v) is 9.36. The van der Waals surface area contributed by atoms with Crippen LogP contribution in [0.5, 0.6) is 0 Å². The number of hydrogen-bond donors (Lipinski definition) is 1. The maximum atomic E-state index is 5.45. The minimum absolute atomic E-state index is 0. The molecule has 0 unspecified atom stereocenters. The van der Waals surface area contributed by atoms with Crippen LogP contribution in [0.15, 0.2) is 10.7 Å². The van der Waals surface area contributed by atoms with Gasteiger partial charge in [-0.15, -0.1) is 12.4 Å². The first-order valence-corrected chi connectivity index (χ1v) is 4.49. The third kappa shape index (κ3) is 2.47. The van der Waals surface area contributed by atoms with E-state index in [1.54, 1.807) is 0 Å². The van der Waals surface area contributed by atoms with Crippen molar-refractivity contribution in [3.05, 3.63) is 16.4 Å². The maximum absolute atomic E-state index is 5.45. The van der Waals surface area contributed by atoms with Crippen molar-refractivity contribution < 1.29 is 0 Å². The van der Waals surface area contributed by atoms with Crippen molar-refractivity contribution in [3.63, 3.8) is 0 Å². The van der Waals surface area contributed by atoms with Crippen LogP contribution in [0.3, 0.4) is 0 Å². The molecule has 0 radical (unpaired) electrons. The highest BCUT2D eigenvalue weighted by molar-refractivity contribution is 9.10. The Morgan fingerprint density at radius 2 is 2.33 bits per heavy atom. The molecule has 0 spiro atoms. The Labute approximate surface area is 86.9 Å². The van der Waals surface area contributed by atoms with Crippen molar-refractivity contribution in [2.45, 2.75) is 19.9 Å². The van der Waals surface area contributed by atoms with Crippen molar-refractivity contribution in [3.8, 4) is 0 Å². The van der Waals surface area contributed by atoms with Gasteiger partial charge in [0, 0.05) is 13.0 Å². The van der Waals surface area contributed by atoms with Crippen LogP contribution in [0.2, 0.25) is 0 Å². The Morgan fingerprint density at radius 1 is 1.67 bits per heavy atom. The van der Waals surface area contributed by atoms with Crippen LogP contribution in [0.25, 0.3) is 0 Å². The molecule has 1 aromatic heterocycles. The monoisotopic (exact) mass is 253 g/mol. The topological polar surface area (TPSA) is 43.8 Å². The Morgan fingerprint density at radius 3 is 2.83 bits per heavy atom. The minimum atomic E-state index is 0. The number of hydrogen-bond acceptors (Lipinski definition) is 2. The molecule has 12 heavy (non-hydrogen) atoms. The molecule has 0 amide bonds. The lowest BCUT2D eigenvalue weighted by atomic mass is 10.3. The van der Waals surface area contributed by atoms with Crippen LogP contribution in [0.4, 0.5) is 0 Å². The zero-order valence-electron chi connectivity index (χ0n) is 6.96. The smallest absolute Gasteiger partial charge is 0.0635 e. The van der Waals surface area contributed by atoms with Gasteiger partial charge in [-0.25, -0.2) is 0 Å². The average molecular weight is 255 g/mol. The van der Waals surface area contributed by atoms with Gasteiger partial charge in [0.2, 0.25) is 0 Å². The fourth-order valence-electron chi connectivity index (χ4n) is 1.05. The second kappa shape index (κ2) is 5.56. The summed E-state index contributed by atoms with van der Waals surface area (Å²) >= 11 is 3.42. The molecule has 1 aromatic rings. The first-order valence-electron chi connectivity index (χ1n) is 3.69. The van der Waals surface area contributed by atoms with Gasteiger partial charge in [-0.2, -0.15) is 5.10 Å². The number of halogens is 2. The molecule has 0 aliphatic carbocycles. The van der Waals surface area contributed by atoms with E-state index in [2.05, 4.69) is 28.0 Å². The predicted octanol–water partition coefficient (Wildman–Crippen LogP) is 1.59. The molecule has 1 heterocycles. The molecule has 0 saturated heterocycles. The van der Waals surface area contributed by atoms with Crippen LogP contribution >= 0.6 is 28.3 Å². The Balaban J connectivity index is 0.00000121. The lowest BCUT2D eigenvalue weighted by Crippen LogP contribution is -2.09. The fourth-order valence-corrected chi connectivity index (χ4v) is 1.54. The highest BCUT2D eigenvalue weighted by Crippen LogP contribution is 2.15.